The lowest BCUT2D eigenvalue weighted by molar-refractivity contribution is 0.0520. The van der Waals surface area contributed by atoms with Crippen LogP contribution in [0.4, 0.5) is 0 Å². The Bertz CT molecular complexity index is 390. The Kier molecular flexibility index (Phi) is 3.83. The number of aromatic nitrogens is 1. The Balaban J connectivity index is 2.73. The van der Waals surface area contributed by atoms with E-state index in [9.17, 15) is 4.79 Å². The smallest absolute Gasteiger partial charge is 0.357 e. The summed E-state index contributed by atoms with van der Waals surface area (Å²) < 4.78 is 4.76. The zero-order valence-corrected chi connectivity index (χ0v) is 8.37. The molecule has 1 rings (SSSR count). The first-order valence-electron chi connectivity index (χ1n) is 3.96. The van der Waals surface area contributed by atoms with Crippen molar-refractivity contribution in [3.8, 4) is 6.07 Å². The number of hydrogen-bond donors (Lipinski definition) is 0. The van der Waals surface area contributed by atoms with Crippen LogP contribution in [0.5, 0.6) is 0 Å². The third-order valence-electron chi connectivity index (χ3n) is 1.31. The molecular formula is C9H8N2O2S. The number of nitrogens with zero attached hydrogens (tertiary/aromatic N) is 2. The van der Waals surface area contributed by atoms with Crippen molar-refractivity contribution in [2.24, 2.45) is 0 Å². The Morgan fingerprint density at radius 2 is 2.64 bits per heavy atom. The molecule has 0 bridgehead atoms. The molecule has 0 aromatic carbocycles. The second kappa shape index (κ2) is 5.14. The van der Waals surface area contributed by atoms with Crippen LogP contribution in [0.3, 0.4) is 0 Å². The third-order valence-corrected chi connectivity index (χ3v) is 2.12. The number of carbonyl (C=O) groups excluding carboxylic acids is 1. The summed E-state index contributed by atoms with van der Waals surface area (Å²) in [6.45, 7) is 2.07. The van der Waals surface area contributed by atoms with Crippen LogP contribution in [-0.2, 0) is 4.74 Å². The Morgan fingerprint density at radius 1 is 1.86 bits per heavy atom. The quantitative estimate of drug-likeness (QED) is 0.561. The molecule has 0 unspecified atom stereocenters. The average Bonchev–Trinajstić information content (AvgIpc) is 2.63. The molecule has 14 heavy (non-hydrogen) atoms. The van der Waals surface area contributed by atoms with Crippen molar-refractivity contribution in [3.63, 3.8) is 0 Å². The summed E-state index contributed by atoms with van der Waals surface area (Å²) >= 11 is 1.29. The fourth-order valence-corrected chi connectivity index (χ4v) is 1.45. The molecule has 0 saturated carbocycles. The van der Waals surface area contributed by atoms with Crippen molar-refractivity contribution in [3.05, 3.63) is 22.2 Å². The minimum absolute atomic E-state index is 0.287. The maximum absolute atomic E-state index is 11.2. The first kappa shape index (κ1) is 10.4. The van der Waals surface area contributed by atoms with Crippen LogP contribution in [-0.4, -0.2) is 17.6 Å². The monoisotopic (exact) mass is 208 g/mol. The van der Waals surface area contributed by atoms with E-state index in [0.29, 0.717) is 11.6 Å². The largest absolute Gasteiger partial charge is 0.461 e. The van der Waals surface area contributed by atoms with Crippen LogP contribution in [0.15, 0.2) is 11.5 Å². The minimum Gasteiger partial charge on any atom is -0.461 e. The van der Waals surface area contributed by atoms with Crippen molar-refractivity contribution < 1.29 is 9.53 Å². The Labute approximate surface area is 85.5 Å². The first-order chi connectivity index (χ1) is 6.77. The fraction of sp³-hybridized carbons (Fsp3) is 0.222. The topological polar surface area (TPSA) is 63.0 Å². The number of carbonyl (C=O) groups is 1. The van der Waals surface area contributed by atoms with E-state index in [2.05, 4.69) is 4.98 Å². The van der Waals surface area contributed by atoms with Gasteiger partial charge in [0.2, 0.25) is 0 Å². The highest BCUT2D eigenvalue weighted by molar-refractivity contribution is 7.10. The first-order valence-corrected chi connectivity index (χ1v) is 4.84. The van der Waals surface area contributed by atoms with Crippen LogP contribution >= 0.6 is 11.3 Å². The predicted octanol–water partition coefficient (Wildman–Crippen LogP) is 1.86. The molecule has 0 atom stereocenters. The second-order valence-corrected chi connectivity index (χ2v) is 3.14. The molecule has 4 nitrogen and oxygen atoms in total. The van der Waals surface area contributed by atoms with Gasteiger partial charge in [-0.3, -0.25) is 0 Å². The van der Waals surface area contributed by atoms with Gasteiger partial charge in [-0.1, -0.05) is 0 Å². The molecule has 0 radical (unpaired) electrons. The van der Waals surface area contributed by atoms with E-state index in [0.717, 1.165) is 0 Å². The zero-order valence-electron chi connectivity index (χ0n) is 7.56. The van der Waals surface area contributed by atoms with Gasteiger partial charge in [-0.25, -0.2) is 9.78 Å². The summed E-state index contributed by atoms with van der Waals surface area (Å²) in [6, 6.07) is 1.85. The second-order valence-electron chi connectivity index (χ2n) is 2.25. The normalized spacial score (nSPS) is 10.0. The van der Waals surface area contributed by atoms with Gasteiger partial charge in [0, 0.05) is 11.5 Å². The van der Waals surface area contributed by atoms with E-state index in [-0.39, 0.29) is 5.69 Å². The molecule has 0 fully saturated rings. The Hall–Kier alpha value is -1.67. The van der Waals surface area contributed by atoms with Crippen molar-refractivity contribution >= 4 is 23.4 Å². The van der Waals surface area contributed by atoms with E-state index in [1.807, 2.05) is 6.07 Å². The summed E-state index contributed by atoms with van der Waals surface area (Å²) in [5.41, 5.74) is 0.287. The van der Waals surface area contributed by atoms with Gasteiger partial charge in [0.1, 0.15) is 5.01 Å². The minimum atomic E-state index is -0.430. The Morgan fingerprint density at radius 3 is 3.29 bits per heavy atom. The average molecular weight is 208 g/mol. The van der Waals surface area contributed by atoms with Crippen LogP contribution in [0.25, 0.3) is 6.08 Å². The molecule has 0 spiro atoms. The molecule has 0 saturated heterocycles. The molecule has 5 heteroatoms. The van der Waals surface area contributed by atoms with E-state index in [4.69, 9.17) is 10.00 Å². The van der Waals surface area contributed by atoms with Crippen molar-refractivity contribution in [1.82, 2.24) is 4.98 Å². The molecule has 0 aliphatic rings. The van der Waals surface area contributed by atoms with E-state index < -0.39 is 5.97 Å². The number of thiazole rings is 1. The summed E-state index contributed by atoms with van der Waals surface area (Å²) in [7, 11) is 0. The van der Waals surface area contributed by atoms with E-state index in [1.165, 1.54) is 17.4 Å². The predicted molar refractivity (Wildman–Crippen MR) is 52.7 cm³/mol. The zero-order chi connectivity index (χ0) is 10.4. The number of esters is 1. The van der Waals surface area contributed by atoms with E-state index in [1.54, 1.807) is 18.4 Å². The molecule has 72 valence electrons. The highest BCUT2D eigenvalue weighted by atomic mass is 32.1. The molecule has 0 aliphatic heterocycles. The van der Waals surface area contributed by atoms with E-state index >= 15 is 0 Å². The number of rotatable bonds is 3. The number of hydrogen-bond acceptors (Lipinski definition) is 5. The van der Waals surface area contributed by atoms with Gasteiger partial charge >= 0.3 is 5.97 Å². The maximum Gasteiger partial charge on any atom is 0.357 e. The standard InChI is InChI=1S/C9H8N2O2S/c1-2-13-9(12)7-6-14-8(11-7)4-3-5-10/h3-4,6H,2H2,1H3. The molecule has 1 aromatic rings. The van der Waals surface area contributed by atoms with Crippen LogP contribution in [0.1, 0.15) is 22.4 Å². The number of nitriles is 1. The summed E-state index contributed by atoms with van der Waals surface area (Å²) in [5, 5.41) is 10.5. The highest BCUT2D eigenvalue weighted by Crippen LogP contribution is 2.12. The highest BCUT2D eigenvalue weighted by Gasteiger charge is 2.09. The number of ether oxygens (including phenoxy) is 1. The fourth-order valence-electron chi connectivity index (χ4n) is 0.772. The molecule has 0 aliphatic carbocycles. The molecule has 0 N–H and O–H groups in total. The van der Waals surface area contributed by atoms with Crippen LogP contribution in [0, 0.1) is 11.3 Å². The van der Waals surface area contributed by atoms with Gasteiger partial charge in [0.25, 0.3) is 0 Å². The van der Waals surface area contributed by atoms with Gasteiger partial charge in [-0.05, 0) is 13.0 Å². The van der Waals surface area contributed by atoms with Gasteiger partial charge in [0.15, 0.2) is 5.69 Å². The molecule has 1 aromatic heterocycles. The van der Waals surface area contributed by atoms with Crippen molar-refractivity contribution in [2.45, 2.75) is 6.92 Å². The lowest BCUT2D eigenvalue weighted by atomic mass is 10.5. The van der Waals surface area contributed by atoms with Gasteiger partial charge in [0.05, 0.1) is 12.7 Å². The van der Waals surface area contributed by atoms with Gasteiger partial charge in [-0.2, -0.15) is 5.26 Å². The third kappa shape index (κ3) is 2.68. The molecule has 0 amide bonds. The molecular weight excluding hydrogens is 200 g/mol. The van der Waals surface area contributed by atoms with Crippen LogP contribution in [0.2, 0.25) is 0 Å². The SMILES string of the molecule is CCOC(=O)c1csc(C=CC#N)n1. The summed E-state index contributed by atoms with van der Waals surface area (Å²) in [5.74, 6) is -0.430. The van der Waals surface area contributed by atoms with Gasteiger partial charge in [-0.15, -0.1) is 11.3 Å². The lowest BCUT2D eigenvalue weighted by Crippen LogP contribution is -2.04. The van der Waals surface area contributed by atoms with Crippen molar-refractivity contribution in [1.29, 1.82) is 5.26 Å². The summed E-state index contributed by atoms with van der Waals surface area (Å²) in [6.07, 6.45) is 2.86. The maximum atomic E-state index is 11.2. The van der Waals surface area contributed by atoms with Crippen molar-refractivity contribution in [2.75, 3.05) is 6.61 Å². The van der Waals surface area contributed by atoms with Gasteiger partial charge < -0.3 is 4.74 Å². The lowest BCUT2D eigenvalue weighted by Gasteiger charge is -1.95. The van der Waals surface area contributed by atoms with Crippen LogP contribution < -0.4 is 0 Å². The molecule has 1 heterocycles. The summed E-state index contributed by atoms with van der Waals surface area (Å²) in [4.78, 5) is 15.1. The number of allylic oxidation sites excluding steroid dienone is 1.